The second-order valence-electron chi connectivity index (χ2n) is 11.1. The van der Waals surface area contributed by atoms with Crippen molar-refractivity contribution >= 4 is 11.8 Å². The molecule has 1 N–H and O–H groups in total. The molecule has 4 aliphatic rings. The molecule has 0 aromatic carbocycles. The first kappa shape index (κ1) is 22.0. The Bertz CT molecular complexity index is 741. The zero-order valence-electron chi connectivity index (χ0n) is 19.3. The van der Waals surface area contributed by atoms with Crippen LogP contribution in [0.25, 0.3) is 0 Å². The number of rotatable bonds is 5. The van der Waals surface area contributed by atoms with Gasteiger partial charge in [0.1, 0.15) is 0 Å². The zero-order chi connectivity index (χ0) is 21.7. The summed E-state index contributed by atoms with van der Waals surface area (Å²) in [7, 11) is 0. The van der Waals surface area contributed by atoms with Crippen LogP contribution in [0.3, 0.4) is 0 Å². The highest BCUT2D eigenvalue weighted by atomic mass is 16.5. The van der Waals surface area contributed by atoms with Gasteiger partial charge in [-0.2, -0.15) is 0 Å². The molecule has 0 bridgehead atoms. The summed E-state index contributed by atoms with van der Waals surface area (Å²) in [6.45, 7) is 9.27. The highest BCUT2D eigenvalue weighted by Crippen LogP contribution is 2.68. The van der Waals surface area contributed by atoms with Crippen molar-refractivity contribution in [2.45, 2.75) is 97.5 Å². The molecule has 4 rings (SSSR count). The van der Waals surface area contributed by atoms with Crippen molar-refractivity contribution < 1.29 is 19.4 Å². The van der Waals surface area contributed by atoms with Crippen LogP contribution in [-0.2, 0) is 14.3 Å². The summed E-state index contributed by atoms with van der Waals surface area (Å²) in [5.74, 6) is 2.41. The molecule has 168 valence electrons. The second kappa shape index (κ2) is 7.76. The van der Waals surface area contributed by atoms with Gasteiger partial charge in [-0.1, -0.05) is 33.3 Å². The Balaban J connectivity index is 1.50. The predicted molar refractivity (Wildman–Crippen MR) is 117 cm³/mol. The largest absolute Gasteiger partial charge is 0.466 e. The third kappa shape index (κ3) is 3.20. The molecule has 7 atom stereocenters. The lowest BCUT2D eigenvalue weighted by atomic mass is 9.44. The maximum absolute atomic E-state index is 12.2. The minimum Gasteiger partial charge on any atom is -0.466 e. The highest BCUT2D eigenvalue weighted by molar-refractivity contribution is 5.92. The van der Waals surface area contributed by atoms with Crippen molar-refractivity contribution in [3.63, 3.8) is 0 Å². The fourth-order valence-corrected chi connectivity index (χ4v) is 8.11. The minimum absolute atomic E-state index is 0.0474. The van der Waals surface area contributed by atoms with Crippen LogP contribution in [0.5, 0.6) is 0 Å². The zero-order valence-corrected chi connectivity index (χ0v) is 19.3. The van der Waals surface area contributed by atoms with Crippen molar-refractivity contribution in [3.8, 4) is 0 Å². The average molecular weight is 417 g/mol. The van der Waals surface area contributed by atoms with Crippen molar-refractivity contribution in [1.82, 2.24) is 0 Å². The van der Waals surface area contributed by atoms with Gasteiger partial charge in [0.05, 0.1) is 12.2 Å². The molecule has 4 heteroatoms. The van der Waals surface area contributed by atoms with Gasteiger partial charge >= 0.3 is 5.97 Å². The van der Waals surface area contributed by atoms with Gasteiger partial charge in [0, 0.05) is 12.8 Å². The molecule has 0 unspecified atom stereocenters. The van der Waals surface area contributed by atoms with E-state index in [0.717, 1.165) is 51.4 Å². The summed E-state index contributed by atoms with van der Waals surface area (Å²) in [5.41, 5.74) is 0.857. The summed E-state index contributed by atoms with van der Waals surface area (Å²) in [5, 5.41) is 11.7. The molecular formula is C26H40O4. The first-order valence-corrected chi connectivity index (χ1v) is 12.3. The lowest BCUT2D eigenvalue weighted by Gasteiger charge is -2.60. The molecule has 0 radical (unpaired) electrons. The number of carbonyl (C=O) groups is 2. The average Bonchev–Trinajstić information content (AvgIpc) is 2.97. The number of hydrogen-bond donors (Lipinski definition) is 1. The fraction of sp³-hybridized carbons (Fsp3) is 0.846. The van der Waals surface area contributed by atoms with Crippen LogP contribution in [0.4, 0.5) is 0 Å². The molecule has 0 spiro atoms. The van der Waals surface area contributed by atoms with E-state index in [2.05, 4.69) is 20.8 Å². The first-order chi connectivity index (χ1) is 14.2. The van der Waals surface area contributed by atoms with E-state index in [0.29, 0.717) is 48.9 Å². The Morgan fingerprint density at radius 3 is 2.67 bits per heavy atom. The number of ketones is 1. The van der Waals surface area contributed by atoms with Gasteiger partial charge in [0.25, 0.3) is 0 Å². The van der Waals surface area contributed by atoms with E-state index in [1.807, 2.05) is 13.0 Å². The van der Waals surface area contributed by atoms with Crippen molar-refractivity contribution in [2.24, 2.45) is 34.5 Å². The van der Waals surface area contributed by atoms with E-state index in [9.17, 15) is 14.7 Å². The minimum atomic E-state index is -0.646. The molecule has 0 heterocycles. The number of fused-ring (bicyclic) bond motifs is 5. The van der Waals surface area contributed by atoms with Gasteiger partial charge in [0.15, 0.2) is 5.78 Å². The van der Waals surface area contributed by atoms with Gasteiger partial charge in [-0.05, 0) is 91.9 Å². The lowest BCUT2D eigenvalue weighted by molar-refractivity contribution is -0.147. The number of esters is 1. The number of aliphatic hydroxyl groups is 1. The Morgan fingerprint density at radius 1 is 1.20 bits per heavy atom. The van der Waals surface area contributed by atoms with Crippen LogP contribution in [0.1, 0.15) is 91.9 Å². The van der Waals surface area contributed by atoms with Gasteiger partial charge < -0.3 is 9.84 Å². The summed E-state index contributed by atoms with van der Waals surface area (Å²) in [4.78, 5) is 23.6. The van der Waals surface area contributed by atoms with Crippen LogP contribution in [0.2, 0.25) is 0 Å². The van der Waals surface area contributed by atoms with Crippen LogP contribution in [0.15, 0.2) is 11.6 Å². The Hall–Kier alpha value is -1.16. The fourth-order valence-electron chi connectivity index (χ4n) is 8.11. The molecule has 4 nitrogen and oxygen atoms in total. The van der Waals surface area contributed by atoms with E-state index in [-0.39, 0.29) is 16.8 Å². The molecule has 3 fully saturated rings. The SMILES string of the molecule is CCC(=O)OCCC[C@]1(O)CC[C@H]2[C@@H]3CCC4=CC(=O)C[C@H](C)[C@]4(C)[C@H]3CC[C@@]21C. The van der Waals surface area contributed by atoms with Gasteiger partial charge in [-0.3, -0.25) is 9.59 Å². The van der Waals surface area contributed by atoms with Gasteiger partial charge in [0.2, 0.25) is 0 Å². The molecule has 0 saturated heterocycles. The van der Waals surface area contributed by atoms with E-state index < -0.39 is 5.60 Å². The molecular weight excluding hydrogens is 376 g/mol. The number of hydrogen-bond acceptors (Lipinski definition) is 4. The molecule has 0 aromatic heterocycles. The van der Waals surface area contributed by atoms with E-state index >= 15 is 0 Å². The standard InChI is InChI=1S/C26H40O4/c1-5-23(28)30-14-6-11-26(29)13-10-21-20-8-7-18-16-19(27)15-17(2)25(18,4)22(20)9-12-24(21,26)3/h16-17,20-22,29H,5-15H2,1-4H3/t17-,20-,21-,22-,24-,25-,26-/m0/s1. The highest BCUT2D eigenvalue weighted by Gasteiger charge is 2.64. The normalized spacial score (nSPS) is 45.2. The van der Waals surface area contributed by atoms with Crippen LogP contribution < -0.4 is 0 Å². The predicted octanol–water partition coefficient (Wildman–Crippen LogP) is 5.23. The van der Waals surface area contributed by atoms with Crippen LogP contribution >= 0.6 is 0 Å². The quantitative estimate of drug-likeness (QED) is 0.492. The van der Waals surface area contributed by atoms with Gasteiger partial charge in [-0.25, -0.2) is 0 Å². The number of carbonyl (C=O) groups excluding carboxylic acids is 2. The monoisotopic (exact) mass is 416 g/mol. The van der Waals surface area contributed by atoms with Crippen molar-refractivity contribution in [3.05, 3.63) is 11.6 Å². The Morgan fingerprint density at radius 2 is 1.93 bits per heavy atom. The van der Waals surface area contributed by atoms with Crippen LogP contribution in [0, 0.1) is 34.5 Å². The van der Waals surface area contributed by atoms with Crippen LogP contribution in [-0.4, -0.2) is 29.1 Å². The summed E-state index contributed by atoms with van der Waals surface area (Å²) in [6, 6.07) is 0. The Labute approximate surface area is 181 Å². The lowest BCUT2D eigenvalue weighted by Crippen LogP contribution is -2.56. The molecule has 3 saturated carbocycles. The third-order valence-corrected chi connectivity index (χ3v) is 10.1. The van der Waals surface area contributed by atoms with E-state index in [4.69, 9.17) is 4.74 Å². The molecule has 4 aliphatic carbocycles. The third-order valence-electron chi connectivity index (χ3n) is 10.1. The number of allylic oxidation sites excluding steroid dienone is 1. The molecule has 30 heavy (non-hydrogen) atoms. The second-order valence-corrected chi connectivity index (χ2v) is 11.1. The van der Waals surface area contributed by atoms with Crippen molar-refractivity contribution in [1.29, 1.82) is 0 Å². The summed E-state index contributed by atoms with van der Waals surface area (Å²) >= 11 is 0. The van der Waals surface area contributed by atoms with E-state index in [1.165, 1.54) is 5.57 Å². The Kier molecular flexibility index (Phi) is 5.70. The molecule has 0 amide bonds. The molecule has 0 aromatic rings. The maximum atomic E-state index is 12.2. The first-order valence-electron chi connectivity index (χ1n) is 12.3. The summed E-state index contributed by atoms with van der Waals surface area (Å²) < 4.78 is 5.26. The van der Waals surface area contributed by atoms with Crippen molar-refractivity contribution in [2.75, 3.05) is 6.61 Å². The van der Waals surface area contributed by atoms with E-state index in [1.54, 1.807) is 0 Å². The van der Waals surface area contributed by atoms with Gasteiger partial charge in [-0.15, -0.1) is 0 Å². The topological polar surface area (TPSA) is 63.6 Å². The molecule has 0 aliphatic heterocycles. The maximum Gasteiger partial charge on any atom is 0.305 e. The smallest absolute Gasteiger partial charge is 0.305 e. The summed E-state index contributed by atoms with van der Waals surface area (Å²) in [6.07, 6.45) is 10.9. The number of ether oxygens (including phenoxy) is 1.